The molecule has 0 aliphatic rings. The van der Waals surface area contributed by atoms with Gasteiger partial charge in [-0.1, -0.05) is 30.0 Å². The lowest BCUT2D eigenvalue weighted by atomic mass is 10.1. The van der Waals surface area contributed by atoms with Crippen molar-refractivity contribution in [2.75, 3.05) is 6.54 Å². The average molecular weight is 274 g/mol. The van der Waals surface area contributed by atoms with Crippen molar-refractivity contribution in [3.8, 4) is 11.8 Å². The highest BCUT2D eigenvalue weighted by Crippen LogP contribution is 2.25. The van der Waals surface area contributed by atoms with Gasteiger partial charge in [0, 0.05) is 12.1 Å². The van der Waals surface area contributed by atoms with Crippen LogP contribution < -0.4 is 5.48 Å². The molecular formula is C11H9F3N2O3. The van der Waals surface area contributed by atoms with E-state index in [1.54, 1.807) is 35.8 Å². The van der Waals surface area contributed by atoms with Crippen molar-refractivity contribution >= 4 is 0 Å². The van der Waals surface area contributed by atoms with Crippen molar-refractivity contribution in [2.24, 2.45) is 5.92 Å². The molecule has 0 heterocycles. The summed E-state index contributed by atoms with van der Waals surface area (Å²) >= 11 is 0. The Hall–Kier alpha value is -2.27. The summed E-state index contributed by atoms with van der Waals surface area (Å²) in [6.45, 7) is -0.829. The van der Waals surface area contributed by atoms with Gasteiger partial charge in [-0.05, 0) is 12.1 Å². The van der Waals surface area contributed by atoms with Gasteiger partial charge in [-0.2, -0.15) is 18.7 Å². The van der Waals surface area contributed by atoms with Gasteiger partial charge in [0.15, 0.2) is 0 Å². The highest BCUT2D eigenvalue weighted by Gasteiger charge is 2.38. The van der Waals surface area contributed by atoms with Crippen molar-refractivity contribution in [2.45, 2.75) is 6.18 Å². The summed E-state index contributed by atoms with van der Waals surface area (Å²) in [6, 6.07) is 8.10. The number of hydroxylamine groups is 1. The van der Waals surface area contributed by atoms with E-state index in [2.05, 4.69) is 10.9 Å². The number of alkyl halides is 3. The van der Waals surface area contributed by atoms with E-state index in [4.69, 9.17) is 0 Å². The Labute approximate surface area is 106 Å². The zero-order valence-corrected chi connectivity index (χ0v) is 9.48. The third kappa shape index (κ3) is 5.74. The minimum absolute atomic E-state index is 0.423. The minimum atomic E-state index is -4.60. The molecule has 0 spiro atoms. The molecule has 0 amide bonds. The van der Waals surface area contributed by atoms with Gasteiger partial charge in [0.25, 0.3) is 0 Å². The van der Waals surface area contributed by atoms with E-state index in [0.717, 1.165) is 0 Å². The van der Waals surface area contributed by atoms with Crippen LogP contribution in [0.2, 0.25) is 0 Å². The molecule has 0 aliphatic heterocycles. The van der Waals surface area contributed by atoms with Crippen LogP contribution in [0, 0.1) is 27.9 Å². The summed E-state index contributed by atoms with van der Waals surface area (Å²) in [7, 11) is 0. The maximum absolute atomic E-state index is 12.6. The van der Waals surface area contributed by atoms with E-state index in [0.29, 0.717) is 5.56 Å². The van der Waals surface area contributed by atoms with Crippen LogP contribution >= 0.6 is 0 Å². The maximum Gasteiger partial charge on any atom is 0.403 e. The van der Waals surface area contributed by atoms with E-state index >= 15 is 0 Å². The van der Waals surface area contributed by atoms with E-state index < -0.39 is 23.7 Å². The van der Waals surface area contributed by atoms with Crippen LogP contribution in [0.15, 0.2) is 30.3 Å². The number of nitrogens with zero attached hydrogens (tertiary/aromatic N) is 1. The van der Waals surface area contributed by atoms with Gasteiger partial charge in [-0.15, -0.1) is 10.1 Å². The molecule has 1 unspecified atom stereocenters. The Balaban J connectivity index is 2.71. The number of nitrogens with one attached hydrogen (secondary N) is 1. The SMILES string of the molecule is O=[N+]([O-])ONCC(C#Cc1ccccc1)C(F)(F)F. The average Bonchev–Trinajstić information content (AvgIpc) is 2.33. The number of hydrogen-bond acceptors (Lipinski definition) is 4. The van der Waals surface area contributed by atoms with Crippen LogP contribution in [0.5, 0.6) is 0 Å². The molecule has 5 nitrogen and oxygen atoms in total. The Morgan fingerprint density at radius 2 is 2.00 bits per heavy atom. The molecule has 0 saturated heterocycles. The van der Waals surface area contributed by atoms with E-state index in [9.17, 15) is 23.3 Å². The summed E-state index contributed by atoms with van der Waals surface area (Å²) in [4.78, 5) is 13.4. The lowest BCUT2D eigenvalue weighted by molar-refractivity contribution is -0.776. The van der Waals surface area contributed by atoms with Crippen LogP contribution in [-0.2, 0) is 4.94 Å². The molecule has 1 atom stereocenters. The molecule has 102 valence electrons. The first-order valence-electron chi connectivity index (χ1n) is 5.07. The fraction of sp³-hybridized carbons (Fsp3) is 0.273. The fourth-order valence-corrected chi connectivity index (χ4v) is 1.11. The molecule has 0 aliphatic carbocycles. The van der Waals surface area contributed by atoms with Gasteiger partial charge in [0.2, 0.25) is 0 Å². The van der Waals surface area contributed by atoms with Gasteiger partial charge in [0.1, 0.15) is 5.92 Å². The molecule has 1 aromatic rings. The predicted molar refractivity (Wildman–Crippen MR) is 58.9 cm³/mol. The van der Waals surface area contributed by atoms with Gasteiger partial charge in [-0.3, -0.25) is 0 Å². The Bertz CT molecular complexity index is 479. The summed E-state index contributed by atoms with van der Waals surface area (Å²) in [5, 5.41) is 8.58. The van der Waals surface area contributed by atoms with Crippen LogP contribution in [0.1, 0.15) is 5.56 Å². The third-order valence-corrected chi connectivity index (χ3v) is 1.99. The summed E-state index contributed by atoms with van der Waals surface area (Å²) in [6.07, 6.45) is -4.60. The van der Waals surface area contributed by atoms with Gasteiger partial charge in [0.05, 0.1) is 0 Å². The topological polar surface area (TPSA) is 64.4 Å². The maximum atomic E-state index is 12.6. The van der Waals surface area contributed by atoms with Crippen LogP contribution in [0.25, 0.3) is 0 Å². The molecular weight excluding hydrogens is 265 g/mol. The van der Waals surface area contributed by atoms with E-state index in [-0.39, 0.29) is 0 Å². The number of benzene rings is 1. The molecule has 0 fully saturated rings. The first-order chi connectivity index (χ1) is 8.89. The van der Waals surface area contributed by atoms with Gasteiger partial charge < -0.3 is 0 Å². The molecule has 0 saturated carbocycles. The standard InChI is InChI=1S/C11H9F3N2O3/c12-11(13,14)10(8-15-19-16(17)18)7-6-9-4-2-1-3-5-9/h1-5,10,15H,8H2. The molecule has 1 aromatic carbocycles. The molecule has 8 heteroatoms. The smallest absolute Gasteiger partial charge is 0.220 e. The number of hydrogen-bond donors (Lipinski definition) is 1. The van der Waals surface area contributed by atoms with E-state index in [1.807, 2.05) is 5.92 Å². The molecule has 1 N–H and O–H groups in total. The second-order valence-corrected chi connectivity index (χ2v) is 3.39. The first-order valence-corrected chi connectivity index (χ1v) is 5.07. The predicted octanol–water partition coefficient (Wildman–Crippen LogP) is 1.93. The number of halogens is 3. The normalized spacial score (nSPS) is 12.2. The van der Waals surface area contributed by atoms with Crippen molar-refractivity contribution in [3.05, 3.63) is 46.0 Å². The second kappa shape index (κ2) is 6.61. The van der Waals surface area contributed by atoms with E-state index in [1.165, 1.54) is 0 Å². The van der Waals surface area contributed by atoms with Crippen LogP contribution in [-0.4, -0.2) is 17.8 Å². The first kappa shape index (κ1) is 14.8. The molecule has 19 heavy (non-hydrogen) atoms. The van der Waals surface area contributed by atoms with Crippen molar-refractivity contribution in [1.29, 1.82) is 0 Å². The number of rotatable bonds is 4. The molecule has 0 bridgehead atoms. The van der Waals surface area contributed by atoms with Gasteiger partial charge >= 0.3 is 11.3 Å². The molecule has 1 rings (SSSR count). The Morgan fingerprint density at radius 1 is 1.37 bits per heavy atom. The summed E-state index contributed by atoms with van der Waals surface area (Å²) in [5.41, 5.74) is 2.03. The molecule has 0 aromatic heterocycles. The van der Waals surface area contributed by atoms with Crippen molar-refractivity contribution in [1.82, 2.24) is 5.48 Å². The Kier molecular flexibility index (Phi) is 5.14. The monoisotopic (exact) mass is 274 g/mol. The fourth-order valence-electron chi connectivity index (χ4n) is 1.11. The van der Waals surface area contributed by atoms with Crippen molar-refractivity contribution < 1.29 is 23.2 Å². The van der Waals surface area contributed by atoms with Gasteiger partial charge in [-0.25, -0.2) is 4.94 Å². The molecule has 0 radical (unpaired) electrons. The van der Waals surface area contributed by atoms with Crippen LogP contribution in [0.4, 0.5) is 13.2 Å². The summed E-state index contributed by atoms with van der Waals surface area (Å²) < 4.78 is 37.7. The zero-order chi connectivity index (χ0) is 14.3. The minimum Gasteiger partial charge on any atom is -0.220 e. The zero-order valence-electron chi connectivity index (χ0n) is 9.48. The third-order valence-electron chi connectivity index (χ3n) is 1.99. The van der Waals surface area contributed by atoms with Crippen molar-refractivity contribution in [3.63, 3.8) is 0 Å². The highest BCUT2D eigenvalue weighted by molar-refractivity contribution is 5.34. The highest BCUT2D eigenvalue weighted by atomic mass is 19.4. The lowest BCUT2D eigenvalue weighted by Gasteiger charge is -2.14. The quantitative estimate of drug-likeness (QED) is 0.517. The Morgan fingerprint density at radius 3 is 2.53 bits per heavy atom. The lowest BCUT2D eigenvalue weighted by Crippen LogP contribution is -2.33. The second-order valence-electron chi connectivity index (χ2n) is 3.39. The largest absolute Gasteiger partial charge is 0.403 e. The summed E-state index contributed by atoms with van der Waals surface area (Å²) in [5.74, 6) is 2.30. The van der Waals surface area contributed by atoms with Crippen LogP contribution in [0.3, 0.4) is 0 Å².